The number of nitrogens with one attached hydrogen (secondary N) is 1. The molecule has 0 saturated heterocycles. The Labute approximate surface area is 200 Å². The molecule has 1 aromatic heterocycles. The number of rotatable bonds is 5. The topological polar surface area (TPSA) is 95.5 Å². The molecule has 5 rings (SSSR count). The highest BCUT2D eigenvalue weighted by atomic mass is 35.5. The van der Waals surface area contributed by atoms with Crippen LogP contribution in [0.25, 0.3) is 11.3 Å². The van der Waals surface area contributed by atoms with Crippen LogP contribution in [-0.2, 0) is 11.3 Å². The number of phenols is 1. The first-order valence-corrected chi connectivity index (χ1v) is 11.0. The second kappa shape index (κ2) is 8.68. The van der Waals surface area contributed by atoms with Gasteiger partial charge in [0.2, 0.25) is 0 Å². The molecule has 4 aromatic rings. The van der Waals surface area contributed by atoms with Crippen LogP contribution in [-0.4, -0.2) is 39.2 Å². The number of ether oxygens (including phenoxy) is 1. The van der Waals surface area contributed by atoms with Crippen LogP contribution in [0.3, 0.4) is 0 Å². The first-order chi connectivity index (χ1) is 16.5. The monoisotopic (exact) mass is 473 g/mol. The molecule has 0 saturated carbocycles. The molecule has 1 atom stereocenters. The van der Waals surface area contributed by atoms with Crippen LogP contribution in [0.5, 0.6) is 5.75 Å². The van der Waals surface area contributed by atoms with E-state index < -0.39 is 12.0 Å². The highest BCUT2D eigenvalue weighted by Crippen LogP contribution is 2.45. The van der Waals surface area contributed by atoms with E-state index in [0.717, 1.165) is 11.1 Å². The molecule has 1 aliphatic rings. The Morgan fingerprint density at radius 3 is 2.47 bits per heavy atom. The zero-order valence-corrected chi connectivity index (χ0v) is 18.9. The zero-order valence-electron chi connectivity index (χ0n) is 18.2. The van der Waals surface area contributed by atoms with Crippen LogP contribution < -0.4 is 0 Å². The molecule has 1 amide bonds. The van der Waals surface area contributed by atoms with E-state index >= 15 is 0 Å². The van der Waals surface area contributed by atoms with Crippen molar-refractivity contribution >= 4 is 23.5 Å². The number of para-hydroxylation sites is 1. The van der Waals surface area contributed by atoms with Crippen LogP contribution in [0, 0.1) is 0 Å². The summed E-state index contributed by atoms with van der Waals surface area (Å²) in [6.45, 7) is 0.335. The van der Waals surface area contributed by atoms with Crippen LogP contribution in [0.4, 0.5) is 0 Å². The van der Waals surface area contributed by atoms with Gasteiger partial charge in [-0.1, -0.05) is 48.0 Å². The number of halogens is 1. The molecule has 0 radical (unpaired) electrons. The lowest BCUT2D eigenvalue weighted by atomic mass is 9.95. The summed E-state index contributed by atoms with van der Waals surface area (Å²) in [6, 6.07) is 20.7. The Balaban J connectivity index is 1.63. The van der Waals surface area contributed by atoms with Crippen LogP contribution in [0.15, 0.2) is 72.8 Å². The second-order valence-electron chi connectivity index (χ2n) is 7.95. The quantitative estimate of drug-likeness (QED) is 0.399. The molecule has 2 heterocycles. The van der Waals surface area contributed by atoms with Gasteiger partial charge in [-0.05, 0) is 47.5 Å². The molecule has 0 spiro atoms. The molecule has 8 heteroatoms. The van der Waals surface area contributed by atoms with Crippen molar-refractivity contribution in [2.45, 2.75) is 12.6 Å². The number of esters is 1. The van der Waals surface area contributed by atoms with E-state index in [1.54, 1.807) is 65.6 Å². The number of nitrogens with zero attached hydrogens (tertiary/aromatic N) is 2. The van der Waals surface area contributed by atoms with Gasteiger partial charge in [0.25, 0.3) is 5.91 Å². The second-order valence-corrected chi connectivity index (χ2v) is 8.39. The Morgan fingerprint density at radius 2 is 1.79 bits per heavy atom. The van der Waals surface area contributed by atoms with E-state index in [-0.39, 0.29) is 11.7 Å². The highest BCUT2D eigenvalue weighted by molar-refractivity contribution is 6.30. The number of hydrogen-bond donors (Lipinski definition) is 2. The molecule has 1 unspecified atom stereocenters. The van der Waals surface area contributed by atoms with Crippen molar-refractivity contribution in [2.75, 3.05) is 7.11 Å². The van der Waals surface area contributed by atoms with Crippen molar-refractivity contribution in [1.82, 2.24) is 15.1 Å². The number of aromatic hydroxyl groups is 1. The SMILES string of the molecule is COC(=O)c1ccc(C2c3c(-c4ccccc4O)n[nH]c3C(=O)N2Cc2ccc(Cl)cc2)cc1. The molecule has 34 heavy (non-hydrogen) atoms. The summed E-state index contributed by atoms with van der Waals surface area (Å²) in [5.41, 5.74) is 4.19. The predicted molar refractivity (Wildman–Crippen MR) is 127 cm³/mol. The normalized spacial score (nSPS) is 14.8. The molecular formula is C26H20ClN3O4. The highest BCUT2D eigenvalue weighted by Gasteiger charge is 2.42. The van der Waals surface area contributed by atoms with Crippen molar-refractivity contribution in [1.29, 1.82) is 0 Å². The summed E-state index contributed by atoms with van der Waals surface area (Å²) < 4.78 is 4.81. The van der Waals surface area contributed by atoms with Gasteiger partial charge in [-0.15, -0.1) is 0 Å². The fraction of sp³-hybridized carbons (Fsp3) is 0.115. The summed E-state index contributed by atoms with van der Waals surface area (Å²) in [5, 5.41) is 18.3. The van der Waals surface area contributed by atoms with Crippen LogP contribution >= 0.6 is 11.6 Å². The molecule has 0 bridgehead atoms. The van der Waals surface area contributed by atoms with Crippen molar-refractivity contribution in [3.63, 3.8) is 0 Å². The molecular weight excluding hydrogens is 454 g/mol. The van der Waals surface area contributed by atoms with E-state index in [2.05, 4.69) is 10.2 Å². The van der Waals surface area contributed by atoms with Gasteiger partial charge in [0.05, 0.1) is 18.7 Å². The van der Waals surface area contributed by atoms with E-state index in [1.807, 2.05) is 12.1 Å². The lowest BCUT2D eigenvalue weighted by Crippen LogP contribution is -2.29. The maximum atomic E-state index is 13.5. The van der Waals surface area contributed by atoms with Crippen LogP contribution in [0.1, 0.15) is 43.6 Å². The Kier molecular flexibility index (Phi) is 5.55. The molecule has 0 fully saturated rings. The van der Waals surface area contributed by atoms with Gasteiger partial charge in [0.15, 0.2) is 0 Å². The van der Waals surface area contributed by atoms with Crippen LogP contribution in [0.2, 0.25) is 5.02 Å². The van der Waals surface area contributed by atoms with Gasteiger partial charge in [-0.3, -0.25) is 9.89 Å². The molecule has 3 aromatic carbocycles. The minimum absolute atomic E-state index is 0.0696. The molecule has 0 aliphatic carbocycles. The van der Waals surface area contributed by atoms with Gasteiger partial charge in [0, 0.05) is 22.7 Å². The minimum atomic E-state index is -0.488. The van der Waals surface area contributed by atoms with E-state index in [0.29, 0.717) is 39.6 Å². The maximum absolute atomic E-state index is 13.5. The average molecular weight is 474 g/mol. The maximum Gasteiger partial charge on any atom is 0.337 e. The molecule has 170 valence electrons. The zero-order chi connectivity index (χ0) is 23.8. The predicted octanol–water partition coefficient (Wildman–Crippen LogP) is 4.97. The third-order valence-corrected chi connectivity index (χ3v) is 6.19. The number of H-pyrrole nitrogens is 1. The summed E-state index contributed by atoms with van der Waals surface area (Å²) in [5.74, 6) is -0.577. The number of fused-ring (bicyclic) bond motifs is 1. The minimum Gasteiger partial charge on any atom is -0.507 e. The van der Waals surface area contributed by atoms with Gasteiger partial charge >= 0.3 is 5.97 Å². The smallest absolute Gasteiger partial charge is 0.337 e. The number of phenolic OH excluding ortho intramolecular Hbond substituents is 1. The Bertz CT molecular complexity index is 1380. The molecule has 2 N–H and O–H groups in total. The summed E-state index contributed by atoms with van der Waals surface area (Å²) >= 11 is 6.04. The number of aromatic amines is 1. The number of methoxy groups -OCH3 is 1. The fourth-order valence-corrected chi connectivity index (χ4v) is 4.42. The summed E-state index contributed by atoms with van der Waals surface area (Å²) in [6.07, 6.45) is 0. The largest absolute Gasteiger partial charge is 0.507 e. The number of aromatic nitrogens is 2. The van der Waals surface area contributed by atoms with Crippen molar-refractivity contribution < 1.29 is 19.4 Å². The summed E-state index contributed by atoms with van der Waals surface area (Å²) in [4.78, 5) is 27.2. The standard InChI is InChI=1S/C26H20ClN3O4/c1-34-26(33)17-10-8-16(9-11-17)24-21-22(19-4-2-3-5-20(19)31)28-29-23(21)25(32)30(24)14-15-6-12-18(27)13-7-15/h2-13,24,31H,14H2,1H3,(H,28,29). The number of carbonyl (C=O) groups is 2. The third kappa shape index (κ3) is 3.70. The van der Waals surface area contributed by atoms with Crippen molar-refractivity contribution in [3.05, 3.63) is 106 Å². The third-order valence-electron chi connectivity index (χ3n) is 5.94. The van der Waals surface area contributed by atoms with Crippen molar-refractivity contribution in [2.24, 2.45) is 0 Å². The first-order valence-electron chi connectivity index (χ1n) is 10.6. The Hall–Kier alpha value is -4.10. The van der Waals surface area contributed by atoms with Crippen molar-refractivity contribution in [3.8, 4) is 17.0 Å². The van der Waals surface area contributed by atoms with E-state index in [1.165, 1.54) is 7.11 Å². The number of amides is 1. The molecule has 7 nitrogen and oxygen atoms in total. The lowest BCUT2D eigenvalue weighted by molar-refractivity contribution is 0.0600. The number of hydrogen-bond acceptors (Lipinski definition) is 5. The Morgan fingerprint density at radius 1 is 1.09 bits per heavy atom. The fourth-order valence-electron chi connectivity index (χ4n) is 4.29. The average Bonchev–Trinajstić information content (AvgIpc) is 3.39. The molecule has 1 aliphatic heterocycles. The lowest BCUT2D eigenvalue weighted by Gasteiger charge is -2.26. The van der Waals surface area contributed by atoms with Gasteiger partial charge in [-0.2, -0.15) is 5.10 Å². The van der Waals surface area contributed by atoms with Gasteiger partial charge in [0.1, 0.15) is 17.1 Å². The van der Waals surface area contributed by atoms with Gasteiger partial charge < -0.3 is 14.7 Å². The first kappa shape index (κ1) is 21.7. The van der Waals surface area contributed by atoms with Gasteiger partial charge in [-0.25, -0.2) is 4.79 Å². The van der Waals surface area contributed by atoms with E-state index in [4.69, 9.17) is 16.3 Å². The number of carbonyl (C=O) groups excluding carboxylic acids is 2. The summed E-state index contributed by atoms with van der Waals surface area (Å²) in [7, 11) is 1.33. The van der Waals surface area contributed by atoms with E-state index in [9.17, 15) is 14.7 Å². The number of benzene rings is 3.